The van der Waals surface area contributed by atoms with Crippen molar-refractivity contribution in [3.8, 4) is 0 Å². The molecule has 0 heterocycles. The van der Waals surface area contributed by atoms with Gasteiger partial charge in [0.1, 0.15) is 0 Å². The van der Waals surface area contributed by atoms with Crippen molar-refractivity contribution in [3.63, 3.8) is 0 Å². The minimum absolute atomic E-state index is 0.218. The number of rotatable bonds is 4. The molecule has 2 heteroatoms. The third kappa shape index (κ3) is 2.52. The van der Waals surface area contributed by atoms with Crippen molar-refractivity contribution in [1.82, 2.24) is 0 Å². The van der Waals surface area contributed by atoms with Gasteiger partial charge in [-0.05, 0) is 22.8 Å². The highest BCUT2D eigenvalue weighted by Crippen LogP contribution is 2.29. The number of hydrogen-bond acceptors (Lipinski definition) is 2. The summed E-state index contributed by atoms with van der Waals surface area (Å²) >= 11 is 1.88. The summed E-state index contributed by atoms with van der Waals surface area (Å²) < 4.78 is 0. The molecule has 0 radical (unpaired) electrons. The first-order valence-corrected chi connectivity index (χ1v) is 6.28. The van der Waals surface area contributed by atoms with Gasteiger partial charge in [-0.25, -0.2) is 0 Å². The molecule has 0 saturated carbocycles. The van der Waals surface area contributed by atoms with Gasteiger partial charge >= 0.3 is 0 Å². The maximum absolute atomic E-state index is 5.74. The number of hydrogen-bond donors (Lipinski definition) is 1. The van der Waals surface area contributed by atoms with Crippen LogP contribution in [0.15, 0.2) is 24.3 Å². The second-order valence-corrected chi connectivity index (χ2v) is 5.04. The van der Waals surface area contributed by atoms with E-state index in [0.29, 0.717) is 6.54 Å². The van der Waals surface area contributed by atoms with Gasteiger partial charge in [0.25, 0.3) is 0 Å². The summed E-state index contributed by atoms with van der Waals surface area (Å²) in [5, 5.41) is 0. The van der Waals surface area contributed by atoms with Crippen LogP contribution in [0.25, 0.3) is 0 Å². The Morgan fingerprint density at radius 1 is 1.29 bits per heavy atom. The molecule has 0 aliphatic carbocycles. The fraction of sp³-hybridized carbons (Fsp3) is 0.500. The highest BCUT2D eigenvalue weighted by molar-refractivity contribution is 7.98. The molecule has 14 heavy (non-hydrogen) atoms. The number of thioether (sulfide) groups is 1. The summed E-state index contributed by atoms with van der Waals surface area (Å²) in [6, 6.07) is 8.47. The van der Waals surface area contributed by atoms with E-state index in [9.17, 15) is 0 Å². The van der Waals surface area contributed by atoms with Crippen LogP contribution in [-0.2, 0) is 12.0 Å². The molecule has 0 saturated heterocycles. The smallest absolute Gasteiger partial charge is 0.0181 e. The van der Waals surface area contributed by atoms with Gasteiger partial charge < -0.3 is 5.73 Å². The van der Waals surface area contributed by atoms with E-state index >= 15 is 0 Å². The van der Waals surface area contributed by atoms with Crippen LogP contribution < -0.4 is 5.73 Å². The largest absolute Gasteiger partial charge is 0.326 e. The Morgan fingerprint density at radius 3 is 2.50 bits per heavy atom. The monoisotopic (exact) mass is 209 g/mol. The summed E-state index contributed by atoms with van der Waals surface area (Å²) in [4.78, 5) is 0. The molecule has 0 bridgehead atoms. The van der Waals surface area contributed by atoms with E-state index in [4.69, 9.17) is 5.73 Å². The minimum Gasteiger partial charge on any atom is -0.326 e. The standard InChI is InChI=1S/C12H19NS/c1-12(2,9-14-3)11-7-5-4-6-10(11)8-13/h4-7H,8-9,13H2,1-3H3. The van der Waals surface area contributed by atoms with Gasteiger partial charge in [-0.2, -0.15) is 11.8 Å². The van der Waals surface area contributed by atoms with Gasteiger partial charge in [0, 0.05) is 12.3 Å². The van der Waals surface area contributed by atoms with Gasteiger partial charge in [0.15, 0.2) is 0 Å². The first-order valence-electron chi connectivity index (χ1n) is 4.89. The fourth-order valence-electron chi connectivity index (χ4n) is 1.80. The quantitative estimate of drug-likeness (QED) is 0.825. The van der Waals surface area contributed by atoms with Crippen LogP contribution >= 0.6 is 11.8 Å². The van der Waals surface area contributed by atoms with Crippen LogP contribution in [0.4, 0.5) is 0 Å². The van der Waals surface area contributed by atoms with E-state index in [-0.39, 0.29) is 5.41 Å². The van der Waals surface area contributed by atoms with Gasteiger partial charge in [-0.15, -0.1) is 0 Å². The van der Waals surface area contributed by atoms with Gasteiger partial charge in [0.2, 0.25) is 0 Å². The molecule has 0 aliphatic rings. The summed E-state index contributed by atoms with van der Waals surface area (Å²) in [6.45, 7) is 5.18. The average Bonchev–Trinajstić information content (AvgIpc) is 2.18. The molecule has 0 atom stereocenters. The van der Waals surface area contributed by atoms with Crippen LogP contribution in [0.1, 0.15) is 25.0 Å². The number of nitrogens with two attached hydrogens (primary N) is 1. The zero-order valence-corrected chi connectivity index (χ0v) is 10.0. The Morgan fingerprint density at radius 2 is 1.93 bits per heavy atom. The third-order valence-corrected chi connectivity index (χ3v) is 3.48. The zero-order chi connectivity index (χ0) is 10.6. The minimum atomic E-state index is 0.218. The first-order chi connectivity index (χ1) is 6.61. The van der Waals surface area contributed by atoms with Crippen LogP contribution in [0.3, 0.4) is 0 Å². The molecule has 2 N–H and O–H groups in total. The molecule has 0 amide bonds. The molecule has 0 unspecified atom stereocenters. The molecule has 0 spiro atoms. The van der Waals surface area contributed by atoms with Crippen molar-refractivity contribution in [2.75, 3.05) is 12.0 Å². The van der Waals surface area contributed by atoms with E-state index in [1.165, 1.54) is 11.1 Å². The molecule has 1 nitrogen and oxygen atoms in total. The molecule has 0 aliphatic heterocycles. The summed E-state index contributed by atoms with van der Waals surface area (Å²) in [5.74, 6) is 1.13. The second kappa shape index (κ2) is 4.85. The van der Waals surface area contributed by atoms with Crippen molar-refractivity contribution < 1.29 is 0 Å². The van der Waals surface area contributed by atoms with E-state index in [1.54, 1.807) is 0 Å². The molecule has 0 aromatic heterocycles. The Balaban J connectivity index is 3.04. The lowest BCUT2D eigenvalue weighted by Crippen LogP contribution is -2.23. The number of benzene rings is 1. The lowest BCUT2D eigenvalue weighted by Gasteiger charge is -2.26. The van der Waals surface area contributed by atoms with Crippen molar-refractivity contribution in [3.05, 3.63) is 35.4 Å². The third-order valence-electron chi connectivity index (χ3n) is 2.47. The van der Waals surface area contributed by atoms with Crippen molar-refractivity contribution in [2.45, 2.75) is 25.8 Å². The Kier molecular flexibility index (Phi) is 4.02. The van der Waals surface area contributed by atoms with Crippen LogP contribution in [-0.4, -0.2) is 12.0 Å². The maximum atomic E-state index is 5.74. The van der Waals surface area contributed by atoms with Crippen molar-refractivity contribution in [1.29, 1.82) is 0 Å². The Bertz CT molecular complexity index is 294. The second-order valence-electron chi connectivity index (χ2n) is 4.18. The summed E-state index contributed by atoms with van der Waals surface area (Å²) in [7, 11) is 0. The van der Waals surface area contributed by atoms with Crippen molar-refractivity contribution >= 4 is 11.8 Å². The maximum Gasteiger partial charge on any atom is 0.0181 e. The predicted molar refractivity (Wildman–Crippen MR) is 65.7 cm³/mol. The summed E-state index contributed by atoms with van der Waals surface area (Å²) in [6.07, 6.45) is 2.15. The van der Waals surface area contributed by atoms with Crippen LogP contribution in [0, 0.1) is 0 Å². The zero-order valence-electron chi connectivity index (χ0n) is 9.21. The lowest BCUT2D eigenvalue weighted by atomic mass is 9.83. The van der Waals surface area contributed by atoms with E-state index in [1.807, 2.05) is 11.8 Å². The molecular formula is C12H19NS. The highest BCUT2D eigenvalue weighted by atomic mass is 32.2. The average molecular weight is 209 g/mol. The highest BCUT2D eigenvalue weighted by Gasteiger charge is 2.21. The topological polar surface area (TPSA) is 26.0 Å². The van der Waals surface area contributed by atoms with E-state index in [0.717, 1.165) is 5.75 Å². The van der Waals surface area contributed by atoms with Gasteiger partial charge in [0.05, 0.1) is 0 Å². The molecule has 1 aromatic carbocycles. The summed E-state index contributed by atoms with van der Waals surface area (Å²) in [5.41, 5.74) is 8.61. The molecule has 1 rings (SSSR count). The van der Waals surface area contributed by atoms with Crippen molar-refractivity contribution in [2.24, 2.45) is 5.73 Å². The van der Waals surface area contributed by atoms with E-state index < -0.39 is 0 Å². The molecule has 1 aromatic rings. The lowest BCUT2D eigenvalue weighted by molar-refractivity contribution is 0.594. The van der Waals surface area contributed by atoms with Gasteiger partial charge in [-0.3, -0.25) is 0 Å². The first kappa shape index (κ1) is 11.6. The Hall–Kier alpha value is -0.470. The fourth-order valence-corrected chi connectivity index (χ4v) is 2.67. The predicted octanol–water partition coefficient (Wildman–Crippen LogP) is 2.79. The molecule has 78 valence electrons. The molecular weight excluding hydrogens is 190 g/mol. The van der Waals surface area contributed by atoms with Crippen LogP contribution in [0.5, 0.6) is 0 Å². The van der Waals surface area contributed by atoms with Gasteiger partial charge in [-0.1, -0.05) is 38.1 Å². The Labute approximate surface area is 91.1 Å². The normalized spacial score (nSPS) is 11.7. The van der Waals surface area contributed by atoms with E-state index in [2.05, 4.69) is 44.4 Å². The SMILES string of the molecule is CSCC(C)(C)c1ccccc1CN. The molecule has 0 fully saturated rings. The van der Waals surface area contributed by atoms with Crippen LogP contribution in [0.2, 0.25) is 0 Å².